The van der Waals surface area contributed by atoms with Crippen LogP contribution in [-0.4, -0.2) is 51.0 Å². The Morgan fingerprint density at radius 1 is 1.27 bits per heavy atom. The normalized spacial score (nSPS) is 12.9. The summed E-state index contributed by atoms with van der Waals surface area (Å²) >= 11 is 0. The molecule has 4 nitrogen and oxygen atoms in total. The van der Waals surface area contributed by atoms with Crippen molar-refractivity contribution in [2.24, 2.45) is 0 Å². The van der Waals surface area contributed by atoms with E-state index in [1.807, 2.05) is 0 Å². The Kier molecular flexibility index (Phi) is 6.16. The standard InChI is InChI=1S/C14H19F3N2O2S/c1-4-8-19(11-14(15,16)17)10-12-6-5-7-13(9-12)22(20,21)18(2)3/h4-7,9H,1,8,10-11H2,2-3H3. The minimum atomic E-state index is -4.32. The minimum Gasteiger partial charge on any atom is -0.287 e. The van der Waals surface area contributed by atoms with Gasteiger partial charge in [-0.05, 0) is 17.7 Å². The molecular weight excluding hydrogens is 317 g/mol. The third kappa shape index (κ3) is 5.43. The lowest BCUT2D eigenvalue weighted by Crippen LogP contribution is -2.34. The summed E-state index contributed by atoms with van der Waals surface area (Å²) in [5.41, 5.74) is 0.494. The summed E-state index contributed by atoms with van der Waals surface area (Å²) in [6.45, 7) is 2.41. The first-order valence-corrected chi connectivity index (χ1v) is 7.92. The molecule has 0 spiro atoms. The van der Waals surface area contributed by atoms with Gasteiger partial charge in [-0.15, -0.1) is 6.58 Å². The molecule has 124 valence electrons. The Labute approximate surface area is 128 Å². The van der Waals surface area contributed by atoms with Crippen molar-refractivity contribution in [3.63, 3.8) is 0 Å². The molecule has 0 bridgehead atoms. The van der Waals surface area contributed by atoms with Crippen molar-refractivity contribution < 1.29 is 21.6 Å². The van der Waals surface area contributed by atoms with Gasteiger partial charge in [-0.2, -0.15) is 13.2 Å². The molecule has 0 aliphatic heterocycles. The fraction of sp³-hybridized carbons (Fsp3) is 0.429. The molecule has 0 heterocycles. The summed E-state index contributed by atoms with van der Waals surface area (Å²) in [6.07, 6.45) is -2.94. The van der Waals surface area contributed by atoms with E-state index >= 15 is 0 Å². The van der Waals surface area contributed by atoms with Crippen molar-refractivity contribution >= 4 is 10.0 Å². The molecule has 0 aliphatic rings. The molecule has 0 fully saturated rings. The van der Waals surface area contributed by atoms with Gasteiger partial charge in [-0.25, -0.2) is 12.7 Å². The van der Waals surface area contributed by atoms with Gasteiger partial charge < -0.3 is 0 Å². The molecule has 0 saturated carbocycles. The van der Waals surface area contributed by atoms with E-state index in [1.54, 1.807) is 6.07 Å². The minimum absolute atomic E-state index is 0.0116. The lowest BCUT2D eigenvalue weighted by Gasteiger charge is -2.22. The second kappa shape index (κ2) is 7.26. The van der Waals surface area contributed by atoms with Gasteiger partial charge in [0.05, 0.1) is 11.4 Å². The molecule has 1 aromatic rings. The molecule has 8 heteroatoms. The van der Waals surface area contributed by atoms with Crippen LogP contribution < -0.4 is 0 Å². The van der Waals surface area contributed by atoms with E-state index in [4.69, 9.17) is 0 Å². The second-order valence-corrected chi connectivity index (χ2v) is 7.16. The Bertz CT molecular complexity index is 613. The van der Waals surface area contributed by atoms with Crippen molar-refractivity contribution in [1.29, 1.82) is 0 Å². The second-order valence-electron chi connectivity index (χ2n) is 5.01. The van der Waals surface area contributed by atoms with Crippen LogP contribution in [0.2, 0.25) is 0 Å². The van der Waals surface area contributed by atoms with Crippen LogP contribution in [0.3, 0.4) is 0 Å². The predicted octanol–water partition coefficient (Wildman–Crippen LogP) is 2.49. The highest BCUT2D eigenvalue weighted by atomic mass is 32.2. The maximum atomic E-state index is 12.5. The zero-order valence-corrected chi connectivity index (χ0v) is 13.3. The Morgan fingerprint density at radius 2 is 1.91 bits per heavy atom. The van der Waals surface area contributed by atoms with Crippen LogP contribution in [-0.2, 0) is 16.6 Å². The highest BCUT2D eigenvalue weighted by Gasteiger charge is 2.30. The maximum absolute atomic E-state index is 12.5. The van der Waals surface area contributed by atoms with Gasteiger partial charge in [-0.3, -0.25) is 4.90 Å². The van der Waals surface area contributed by atoms with E-state index in [9.17, 15) is 21.6 Å². The van der Waals surface area contributed by atoms with Crippen molar-refractivity contribution in [3.8, 4) is 0 Å². The molecule has 0 N–H and O–H groups in total. The van der Waals surface area contributed by atoms with Crippen LogP contribution in [0.15, 0.2) is 41.8 Å². The third-order valence-electron chi connectivity index (χ3n) is 2.87. The quantitative estimate of drug-likeness (QED) is 0.718. The van der Waals surface area contributed by atoms with Gasteiger partial charge in [0.25, 0.3) is 0 Å². The molecule has 1 rings (SSSR count). The largest absolute Gasteiger partial charge is 0.401 e. The molecule has 0 amide bonds. The van der Waals surface area contributed by atoms with Crippen molar-refractivity contribution in [2.45, 2.75) is 17.6 Å². The fourth-order valence-corrected chi connectivity index (χ4v) is 2.87. The predicted molar refractivity (Wildman–Crippen MR) is 78.8 cm³/mol. The Morgan fingerprint density at radius 3 is 2.41 bits per heavy atom. The summed E-state index contributed by atoms with van der Waals surface area (Å²) < 4.78 is 62.7. The van der Waals surface area contributed by atoms with Crippen LogP contribution in [0.4, 0.5) is 13.2 Å². The first-order chi connectivity index (χ1) is 10.1. The first kappa shape index (κ1) is 18.7. The molecule has 0 saturated heterocycles. The number of nitrogens with zero attached hydrogens (tertiary/aromatic N) is 2. The van der Waals surface area contributed by atoms with Crippen LogP contribution in [0.5, 0.6) is 0 Å². The van der Waals surface area contributed by atoms with Crippen molar-refractivity contribution in [2.75, 3.05) is 27.2 Å². The molecule has 22 heavy (non-hydrogen) atoms. The SMILES string of the molecule is C=CCN(Cc1cccc(S(=O)(=O)N(C)C)c1)CC(F)(F)F. The first-order valence-electron chi connectivity index (χ1n) is 6.48. The molecule has 0 radical (unpaired) electrons. The van der Waals surface area contributed by atoms with Gasteiger partial charge in [0.2, 0.25) is 10.0 Å². The van der Waals surface area contributed by atoms with E-state index in [2.05, 4.69) is 6.58 Å². The lowest BCUT2D eigenvalue weighted by atomic mass is 10.2. The molecular formula is C14H19F3N2O2S. The Hall–Kier alpha value is -1.38. The molecule has 0 unspecified atom stereocenters. The smallest absolute Gasteiger partial charge is 0.287 e. The summed E-state index contributed by atoms with van der Waals surface area (Å²) in [5, 5.41) is 0. The van der Waals surface area contributed by atoms with E-state index in [1.165, 1.54) is 38.4 Å². The lowest BCUT2D eigenvalue weighted by molar-refractivity contribution is -0.145. The zero-order valence-electron chi connectivity index (χ0n) is 12.5. The van der Waals surface area contributed by atoms with E-state index in [0.29, 0.717) is 5.56 Å². The average molecular weight is 336 g/mol. The number of sulfonamides is 1. The average Bonchev–Trinajstić information content (AvgIpc) is 2.37. The van der Waals surface area contributed by atoms with Gasteiger partial charge in [0.15, 0.2) is 0 Å². The van der Waals surface area contributed by atoms with Crippen molar-refractivity contribution in [3.05, 3.63) is 42.5 Å². The Balaban J connectivity index is 3.00. The van der Waals surface area contributed by atoms with Crippen LogP contribution in [0.25, 0.3) is 0 Å². The number of benzene rings is 1. The van der Waals surface area contributed by atoms with Gasteiger partial charge in [-0.1, -0.05) is 18.2 Å². The monoisotopic (exact) mass is 336 g/mol. The van der Waals surface area contributed by atoms with E-state index in [-0.39, 0.29) is 18.0 Å². The summed E-state index contributed by atoms with van der Waals surface area (Å²) in [6, 6.07) is 5.93. The van der Waals surface area contributed by atoms with Crippen LogP contribution in [0.1, 0.15) is 5.56 Å². The molecule has 0 aromatic heterocycles. The molecule has 0 atom stereocenters. The zero-order chi connectivity index (χ0) is 17.0. The number of rotatable bonds is 7. The van der Waals surface area contributed by atoms with Crippen LogP contribution >= 0.6 is 0 Å². The van der Waals surface area contributed by atoms with Gasteiger partial charge >= 0.3 is 6.18 Å². The summed E-state index contributed by atoms with van der Waals surface area (Å²) in [5.74, 6) is 0. The summed E-state index contributed by atoms with van der Waals surface area (Å²) in [7, 11) is -0.813. The molecule has 1 aromatic carbocycles. The van der Waals surface area contributed by atoms with Gasteiger partial charge in [0.1, 0.15) is 0 Å². The number of alkyl halides is 3. The number of halogens is 3. The molecule has 0 aliphatic carbocycles. The van der Waals surface area contributed by atoms with Crippen molar-refractivity contribution in [1.82, 2.24) is 9.21 Å². The third-order valence-corrected chi connectivity index (χ3v) is 4.68. The van der Waals surface area contributed by atoms with E-state index in [0.717, 1.165) is 9.21 Å². The highest BCUT2D eigenvalue weighted by molar-refractivity contribution is 7.89. The van der Waals surface area contributed by atoms with Crippen LogP contribution in [0, 0.1) is 0 Å². The summed E-state index contributed by atoms with van der Waals surface area (Å²) in [4.78, 5) is 1.20. The maximum Gasteiger partial charge on any atom is 0.401 e. The topological polar surface area (TPSA) is 40.6 Å². The highest BCUT2D eigenvalue weighted by Crippen LogP contribution is 2.20. The number of hydrogen-bond donors (Lipinski definition) is 0. The van der Waals surface area contributed by atoms with E-state index < -0.39 is 22.7 Å². The van der Waals surface area contributed by atoms with Gasteiger partial charge in [0, 0.05) is 27.2 Å². The number of hydrogen-bond acceptors (Lipinski definition) is 3. The fourth-order valence-electron chi connectivity index (χ4n) is 1.89.